The van der Waals surface area contributed by atoms with Crippen LogP contribution in [-0.4, -0.2) is 95.8 Å². The minimum absolute atomic E-state index is 0.0167. The van der Waals surface area contributed by atoms with Gasteiger partial charge in [-0.05, 0) is 186 Å². The maximum absolute atomic E-state index is 13.5. The van der Waals surface area contributed by atoms with Gasteiger partial charge in [0.2, 0.25) is 12.3 Å². The highest BCUT2D eigenvalue weighted by molar-refractivity contribution is 9.10. The van der Waals surface area contributed by atoms with Crippen LogP contribution in [0.25, 0.3) is 27.0 Å². The number of thiazole rings is 1. The number of piperidine rings is 1. The molecule has 2 aliphatic heterocycles. The SMILES string of the molecule is CN.CN(C)C1(C=O)CC1.Cc1ncsc1-c1ccc(C(CCCCCN2CCC(c3ccc4c(c3)C3(CCCCC3)c3nc(=O)c5c(Br)cccc5n3-4)CC2)CCCCNC(=O)CC(C)(C)C)cc1.NC=O. The first kappa shape index (κ1) is 57.7. The van der Waals surface area contributed by atoms with Gasteiger partial charge in [0.25, 0.3) is 5.56 Å². The number of likely N-dealkylation sites (tertiary alicyclic amines) is 1. The van der Waals surface area contributed by atoms with Crippen LogP contribution in [-0.2, 0) is 19.8 Å². The van der Waals surface area contributed by atoms with Crippen LogP contribution < -0.4 is 22.3 Å². The lowest BCUT2D eigenvalue weighted by molar-refractivity contribution is -0.122. The largest absolute Gasteiger partial charge is 0.372 e. The molecule has 73 heavy (non-hydrogen) atoms. The summed E-state index contributed by atoms with van der Waals surface area (Å²) in [6, 6.07) is 22.6. The van der Waals surface area contributed by atoms with Crippen molar-refractivity contribution in [3.63, 3.8) is 0 Å². The molecule has 4 aliphatic rings. The van der Waals surface area contributed by atoms with E-state index in [0.717, 1.165) is 92.4 Å². The molecule has 1 saturated heterocycles. The van der Waals surface area contributed by atoms with E-state index in [1.54, 1.807) is 11.3 Å². The number of carbonyl (C=O) groups excluding carboxylic acids is 3. The number of unbranched alkanes of at least 4 members (excludes halogenated alkanes) is 3. The summed E-state index contributed by atoms with van der Waals surface area (Å²) < 4.78 is 3.13. The van der Waals surface area contributed by atoms with Gasteiger partial charge in [-0.2, -0.15) is 4.98 Å². The molecule has 2 saturated carbocycles. The van der Waals surface area contributed by atoms with Gasteiger partial charge in [0.1, 0.15) is 12.1 Å². The van der Waals surface area contributed by atoms with Gasteiger partial charge in [0.05, 0.1) is 43.6 Å². The Labute approximate surface area is 447 Å². The van der Waals surface area contributed by atoms with E-state index in [1.165, 1.54) is 104 Å². The summed E-state index contributed by atoms with van der Waals surface area (Å²) in [5, 5.41) is 3.83. The number of halogens is 1. The molecule has 3 aromatic carbocycles. The standard InChI is InChI=1S/C51H64BrN5O2S.C6H11NO.CH3NO.CH5N/c1-35-47(60-34-54-35)39-20-18-37(19-21-39)36(15-8-11-28-53-45(58)33-50(2,3)4)14-7-5-12-29-56-30-24-38(25-31-56)40-22-23-43-41(32-40)51(26-9-6-10-27-51)49-55-48(59)46-42(52)16-13-17-44(46)57(43)49;1-7(2)6(5-8)3-4-6;2-1-3;1-2/h13,16-23,32,34,36,38H,5-12,14-15,24-31,33H2,1-4H3,(H,53,58);5H,3-4H2,1-2H3;1H,(H2,2,3);2H2,1H3. The van der Waals surface area contributed by atoms with Crippen molar-refractivity contribution < 1.29 is 14.4 Å². The third-order valence-corrected chi connectivity index (χ3v) is 17.3. The van der Waals surface area contributed by atoms with E-state index >= 15 is 0 Å². The number of hydrogen-bond donors (Lipinski definition) is 3. The Morgan fingerprint density at radius 3 is 2.19 bits per heavy atom. The van der Waals surface area contributed by atoms with Crippen molar-refractivity contribution in [1.82, 2.24) is 29.7 Å². The van der Waals surface area contributed by atoms with Gasteiger partial charge in [0.15, 0.2) is 0 Å². The van der Waals surface area contributed by atoms with Gasteiger partial charge in [-0.3, -0.25) is 23.9 Å². The van der Waals surface area contributed by atoms with Crippen LogP contribution in [0.1, 0.15) is 170 Å². The second kappa shape index (κ2) is 26.7. The van der Waals surface area contributed by atoms with E-state index in [-0.39, 0.29) is 34.2 Å². The summed E-state index contributed by atoms with van der Waals surface area (Å²) in [6.45, 7) is 12.7. The molecule has 14 heteroatoms. The number of nitrogens with two attached hydrogens (primary N) is 2. The lowest BCUT2D eigenvalue weighted by atomic mass is 9.69. The highest BCUT2D eigenvalue weighted by Crippen LogP contribution is 2.52. The van der Waals surface area contributed by atoms with Gasteiger partial charge >= 0.3 is 0 Å². The van der Waals surface area contributed by atoms with Crippen molar-refractivity contribution in [2.45, 2.75) is 160 Å². The van der Waals surface area contributed by atoms with Gasteiger partial charge in [-0.25, -0.2) is 4.98 Å². The van der Waals surface area contributed by atoms with Crippen LogP contribution in [0.4, 0.5) is 0 Å². The topological polar surface area (TPSA) is 170 Å². The molecule has 0 radical (unpaired) electrons. The van der Waals surface area contributed by atoms with E-state index in [1.807, 2.05) is 36.6 Å². The summed E-state index contributed by atoms with van der Waals surface area (Å²) in [7, 11) is 5.39. The van der Waals surface area contributed by atoms with Crippen molar-refractivity contribution in [3.05, 3.63) is 109 Å². The molecular formula is C59H83BrN8O4S. The third-order valence-electron chi connectivity index (χ3n) is 15.6. The third kappa shape index (κ3) is 14.4. The van der Waals surface area contributed by atoms with Crippen molar-refractivity contribution in [2.24, 2.45) is 16.9 Å². The van der Waals surface area contributed by atoms with Crippen molar-refractivity contribution in [3.8, 4) is 16.1 Å². The van der Waals surface area contributed by atoms with Gasteiger partial charge in [0, 0.05) is 17.4 Å². The molecule has 4 heterocycles. The Morgan fingerprint density at radius 1 is 0.932 bits per heavy atom. The van der Waals surface area contributed by atoms with Gasteiger partial charge < -0.3 is 26.5 Å². The number of carbonyl (C=O) groups is 3. The number of likely N-dealkylation sites (N-methyl/N-ethyl adjacent to an activating group) is 1. The zero-order chi connectivity index (χ0) is 52.8. The summed E-state index contributed by atoms with van der Waals surface area (Å²) in [4.78, 5) is 60.0. The Morgan fingerprint density at radius 2 is 1.60 bits per heavy atom. The quantitative estimate of drug-likeness (QED) is 0.0606. The molecule has 3 fully saturated rings. The zero-order valence-corrected chi connectivity index (χ0v) is 47.2. The Hall–Kier alpha value is -4.60. The van der Waals surface area contributed by atoms with Crippen LogP contribution in [0.3, 0.4) is 0 Å². The van der Waals surface area contributed by atoms with E-state index in [0.29, 0.717) is 23.6 Å². The molecule has 2 amide bonds. The second-order valence-corrected chi connectivity index (χ2v) is 23.7. The highest BCUT2D eigenvalue weighted by Gasteiger charge is 2.47. The number of nitrogens with one attached hydrogen (secondary N) is 1. The number of amides is 2. The number of primary amides is 1. The number of benzene rings is 3. The minimum atomic E-state index is -0.174. The fourth-order valence-corrected chi connectivity index (χ4v) is 12.7. The Bertz CT molecular complexity index is 2640. The molecule has 1 spiro atoms. The minimum Gasteiger partial charge on any atom is -0.372 e. The number of hydrogen-bond acceptors (Lipinski definition) is 10. The Balaban J connectivity index is 0.000000593. The number of rotatable bonds is 17. The first-order valence-corrected chi connectivity index (χ1v) is 28.5. The molecule has 9 rings (SSSR count). The van der Waals surface area contributed by atoms with E-state index < -0.39 is 0 Å². The van der Waals surface area contributed by atoms with Gasteiger partial charge in [-0.1, -0.05) is 102 Å². The molecule has 2 aliphatic carbocycles. The van der Waals surface area contributed by atoms with E-state index in [9.17, 15) is 14.4 Å². The lowest BCUT2D eigenvalue weighted by Gasteiger charge is -2.35. The fraction of sp³-hybridized carbons (Fsp3) is 0.559. The highest BCUT2D eigenvalue weighted by atomic mass is 79.9. The first-order chi connectivity index (χ1) is 35.1. The monoisotopic (exact) mass is 1080 g/mol. The van der Waals surface area contributed by atoms with Crippen molar-refractivity contribution >= 4 is 56.8 Å². The molecule has 5 N–H and O–H groups in total. The molecule has 2 aromatic heterocycles. The maximum Gasteiger partial charge on any atom is 0.281 e. The molecule has 0 bridgehead atoms. The van der Waals surface area contributed by atoms with Crippen LogP contribution in [0.5, 0.6) is 0 Å². The lowest BCUT2D eigenvalue weighted by Crippen LogP contribution is -2.34. The zero-order valence-electron chi connectivity index (χ0n) is 44.8. The number of aromatic nitrogens is 3. The smallest absolute Gasteiger partial charge is 0.281 e. The maximum atomic E-state index is 13.5. The summed E-state index contributed by atoms with van der Waals surface area (Å²) in [6.07, 6.45) is 20.3. The average molecular weight is 1080 g/mol. The molecule has 1 atom stereocenters. The van der Waals surface area contributed by atoms with Crippen LogP contribution in [0.15, 0.2) is 75.4 Å². The van der Waals surface area contributed by atoms with Gasteiger partial charge in [-0.15, -0.1) is 11.3 Å². The first-order valence-electron chi connectivity index (χ1n) is 26.9. The predicted molar refractivity (Wildman–Crippen MR) is 304 cm³/mol. The fourth-order valence-electron chi connectivity index (χ4n) is 11.4. The van der Waals surface area contributed by atoms with E-state index in [2.05, 4.69) is 123 Å². The number of aldehydes is 1. The number of nitrogens with zero attached hydrogens (tertiary/aromatic N) is 5. The Kier molecular flexibility index (Phi) is 21.1. The molecular weight excluding hydrogens is 997 g/mol. The van der Waals surface area contributed by atoms with Crippen LogP contribution in [0, 0.1) is 12.3 Å². The number of aryl methyl sites for hydroxylation is 1. The summed E-state index contributed by atoms with van der Waals surface area (Å²) in [5.74, 6) is 2.23. The van der Waals surface area contributed by atoms with Crippen LogP contribution >= 0.6 is 27.3 Å². The summed E-state index contributed by atoms with van der Waals surface area (Å²) in [5.41, 5.74) is 19.1. The van der Waals surface area contributed by atoms with E-state index in [4.69, 9.17) is 9.78 Å². The molecule has 1 unspecified atom stereocenters. The second-order valence-electron chi connectivity index (χ2n) is 22.0. The molecule has 396 valence electrons. The number of fused-ring (bicyclic) bond motifs is 7. The van der Waals surface area contributed by atoms with Crippen molar-refractivity contribution in [2.75, 3.05) is 47.3 Å². The van der Waals surface area contributed by atoms with Crippen molar-refractivity contribution in [1.29, 1.82) is 0 Å². The summed E-state index contributed by atoms with van der Waals surface area (Å²) >= 11 is 5.37. The predicted octanol–water partition coefficient (Wildman–Crippen LogP) is 11.3. The molecule has 12 nitrogen and oxygen atoms in total. The molecule has 5 aromatic rings. The average Bonchev–Trinajstić information content (AvgIpc) is 4.02. The normalized spacial score (nSPS) is 17.0. The van der Waals surface area contributed by atoms with Crippen LogP contribution in [0.2, 0.25) is 0 Å².